The monoisotopic (exact) mass is 306 g/mol. The fourth-order valence-corrected chi connectivity index (χ4v) is 1.38. The standard InChI is InChI=1S/C15H18N2O5/c1-3-9-16-15(20)17-13(18)10-21-14(19)11(2)22-12-7-5-4-6-8-12/h3-8,11H,1,9-10H2,2H3,(H2,16,17,18,20)/t11-/m0/s1. The van der Waals surface area contributed by atoms with Gasteiger partial charge in [0.05, 0.1) is 0 Å². The first-order valence-corrected chi connectivity index (χ1v) is 6.60. The average molecular weight is 306 g/mol. The number of urea groups is 1. The Bertz CT molecular complexity index is 530. The zero-order valence-corrected chi connectivity index (χ0v) is 12.2. The zero-order valence-electron chi connectivity index (χ0n) is 12.2. The number of carbonyl (C=O) groups excluding carboxylic acids is 3. The molecule has 0 radical (unpaired) electrons. The van der Waals surface area contributed by atoms with Crippen LogP contribution in [0.4, 0.5) is 4.79 Å². The fraction of sp³-hybridized carbons (Fsp3) is 0.267. The van der Waals surface area contributed by atoms with Crippen molar-refractivity contribution >= 4 is 17.9 Å². The molecule has 7 nitrogen and oxygen atoms in total. The Hall–Kier alpha value is -2.83. The molecule has 3 amide bonds. The largest absolute Gasteiger partial charge is 0.479 e. The van der Waals surface area contributed by atoms with Crippen LogP contribution in [0.25, 0.3) is 0 Å². The van der Waals surface area contributed by atoms with Crippen molar-refractivity contribution in [1.29, 1.82) is 0 Å². The molecule has 1 atom stereocenters. The average Bonchev–Trinajstić information content (AvgIpc) is 2.51. The maximum Gasteiger partial charge on any atom is 0.347 e. The number of nitrogens with one attached hydrogen (secondary N) is 2. The van der Waals surface area contributed by atoms with Crippen molar-refractivity contribution in [2.24, 2.45) is 0 Å². The van der Waals surface area contributed by atoms with Crippen LogP contribution in [-0.2, 0) is 14.3 Å². The molecule has 0 aliphatic rings. The molecular formula is C15H18N2O5. The third-order valence-corrected chi connectivity index (χ3v) is 2.39. The van der Waals surface area contributed by atoms with Gasteiger partial charge >= 0.3 is 12.0 Å². The molecular weight excluding hydrogens is 288 g/mol. The molecule has 0 spiro atoms. The maximum atomic E-state index is 11.7. The van der Waals surface area contributed by atoms with Crippen LogP contribution in [0.5, 0.6) is 5.75 Å². The third kappa shape index (κ3) is 6.56. The summed E-state index contributed by atoms with van der Waals surface area (Å²) in [6.07, 6.45) is 0.594. The molecule has 0 aromatic heterocycles. The van der Waals surface area contributed by atoms with Crippen LogP contribution < -0.4 is 15.4 Å². The topological polar surface area (TPSA) is 93.7 Å². The normalized spacial score (nSPS) is 11.0. The maximum absolute atomic E-state index is 11.7. The van der Waals surface area contributed by atoms with Crippen LogP contribution in [-0.4, -0.2) is 37.2 Å². The Labute approximate surface area is 128 Å². The predicted molar refractivity (Wildman–Crippen MR) is 79.2 cm³/mol. The van der Waals surface area contributed by atoms with Crippen molar-refractivity contribution in [2.45, 2.75) is 13.0 Å². The number of imide groups is 1. The van der Waals surface area contributed by atoms with Gasteiger partial charge in [-0.25, -0.2) is 9.59 Å². The lowest BCUT2D eigenvalue weighted by molar-refractivity contribution is -0.154. The van der Waals surface area contributed by atoms with Crippen LogP contribution in [0.15, 0.2) is 43.0 Å². The van der Waals surface area contributed by atoms with Crippen LogP contribution in [0.3, 0.4) is 0 Å². The van der Waals surface area contributed by atoms with Gasteiger partial charge in [0.15, 0.2) is 12.7 Å². The van der Waals surface area contributed by atoms with E-state index in [0.29, 0.717) is 5.75 Å². The second kappa shape index (κ2) is 9.17. The van der Waals surface area contributed by atoms with Gasteiger partial charge in [-0.2, -0.15) is 0 Å². The Kier molecular flexibility index (Phi) is 7.18. The Morgan fingerprint density at radius 3 is 2.59 bits per heavy atom. The molecule has 1 aromatic carbocycles. The van der Waals surface area contributed by atoms with Crippen LogP contribution in [0.2, 0.25) is 0 Å². The van der Waals surface area contributed by atoms with E-state index < -0.39 is 30.6 Å². The van der Waals surface area contributed by atoms with Gasteiger partial charge in [0.25, 0.3) is 5.91 Å². The van der Waals surface area contributed by atoms with Crippen molar-refractivity contribution in [3.8, 4) is 5.75 Å². The zero-order chi connectivity index (χ0) is 16.4. The van der Waals surface area contributed by atoms with Crippen molar-refractivity contribution in [3.05, 3.63) is 43.0 Å². The third-order valence-electron chi connectivity index (χ3n) is 2.39. The van der Waals surface area contributed by atoms with Crippen LogP contribution in [0, 0.1) is 0 Å². The van der Waals surface area contributed by atoms with E-state index in [0.717, 1.165) is 0 Å². The van der Waals surface area contributed by atoms with Crippen molar-refractivity contribution in [1.82, 2.24) is 10.6 Å². The molecule has 0 saturated carbocycles. The molecule has 2 N–H and O–H groups in total. The lowest BCUT2D eigenvalue weighted by atomic mass is 10.3. The molecule has 1 rings (SSSR count). The van der Waals surface area contributed by atoms with E-state index in [9.17, 15) is 14.4 Å². The highest BCUT2D eigenvalue weighted by Gasteiger charge is 2.18. The number of esters is 1. The molecule has 0 bridgehead atoms. The minimum atomic E-state index is -0.871. The van der Waals surface area contributed by atoms with E-state index in [1.165, 1.54) is 13.0 Å². The molecule has 0 heterocycles. The highest BCUT2D eigenvalue weighted by Crippen LogP contribution is 2.11. The highest BCUT2D eigenvalue weighted by atomic mass is 16.6. The quantitative estimate of drug-likeness (QED) is 0.579. The SMILES string of the molecule is C=CCNC(=O)NC(=O)COC(=O)[C@H](C)Oc1ccccc1. The van der Waals surface area contributed by atoms with E-state index in [1.807, 2.05) is 11.4 Å². The number of amides is 3. The molecule has 118 valence electrons. The lowest BCUT2D eigenvalue weighted by Gasteiger charge is -2.13. The van der Waals surface area contributed by atoms with Crippen molar-refractivity contribution in [2.75, 3.05) is 13.2 Å². The van der Waals surface area contributed by atoms with Gasteiger partial charge in [-0.05, 0) is 19.1 Å². The number of hydrogen-bond donors (Lipinski definition) is 2. The number of hydrogen-bond acceptors (Lipinski definition) is 5. The van der Waals surface area contributed by atoms with Gasteiger partial charge in [-0.3, -0.25) is 10.1 Å². The molecule has 1 aromatic rings. The van der Waals surface area contributed by atoms with E-state index in [2.05, 4.69) is 11.9 Å². The minimum Gasteiger partial charge on any atom is -0.479 e. The summed E-state index contributed by atoms with van der Waals surface area (Å²) < 4.78 is 10.1. The molecule has 22 heavy (non-hydrogen) atoms. The Morgan fingerprint density at radius 1 is 1.27 bits per heavy atom. The number of benzene rings is 1. The lowest BCUT2D eigenvalue weighted by Crippen LogP contribution is -2.42. The van der Waals surface area contributed by atoms with Gasteiger partial charge in [-0.1, -0.05) is 24.3 Å². The number of carbonyl (C=O) groups is 3. The smallest absolute Gasteiger partial charge is 0.347 e. The number of para-hydroxylation sites is 1. The van der Waals surface area contributed by atoms with E-state index >= 15 is 0 Å². The Balaban J connectivity index is 2.31. The summed E-state index contributed by atoms with van der Waals surface area (Å²) in [5, 5.41) is 4.36. The molecule has 0 aliphatic heterocycles. The fourth-order valence-electron chi connectivity index (χ4n) is 1.38. The molecule has 0 fully saturated rings. The first-order valence-electron chi connectivity index (χ1n) is 6.60. The molecule has 7 heteroatoms. The summed E-state index contributed by atoms with van der Waals surface area (Å²) in [4.78, 5) is 34.2. The van der Waals surface area contributed by atoms with Gasteiger partial charge in [-0.15, -0.1) is 6.58 Å². The van der Waals surface area contributed by atoms with Crippen LogP contribution >= 0.6 is 0 Å². The second-order valence-corrected chi connectivity index (χ2v) is 4.23. The van der Waals surface area contributed by atoms with Gasteiger partial charge in [0, 0.05) is 6.54 Å². The van der Waals surface area contributed by atoms with E-state index in [4.69, 9.17) is 9.47 Å². The summed E-state index contributed by atoms with van der Waals surface area (Å²) in [6.45, 7) is 4.57. The summed E-state index contributed by atoms with van der Waals surface area (Å²) in [6, 6.07) is 8.05. The van der Waals surface area contributed by atoms with Crippen LogP contribution in [0.1, 0.15) is 6.92 Å². The first-order chi connectivity index (χ1) is 10.5. The van der Waals surface area contributed by atoms with Gasteiger partial charge in [0.2, 0.25) is 0 Å². The molecule has 0 saturated heterocycles. The first kappa shape index (κ1) is 17.2. The van der Waals surface area contributed by atoms with Crippen molar-refractivity contribution < 1.29 is 23.9 Å². The van der Waals surface area contributed by atoms with Gasteiger partial charge < -0.3 is 14.8 Å². The summed E-state index contributed by atoms with van der Waals surface area (Å²) in [7, 11) is 0. The summed E-state index contributed by atoms with van der Waals surface area (Å²) in [5.74, 6) is -0.924. The second-order valence-electron chi connectivity index (χ2n) is 4.23. The molecule has 0 unspecified atom stereocenters. The van der Waals surface area contributed by atoms with Crippen molar-refractivity contribution in [3.63, 3.8) is 0 Å². The van der Waals surface area contributed by atoms with E-state index in [-0.39, 0.29) is 6.54 Å². The number of ether oxygens (including phenoxy) is 2. The van der Waals surface area contributed by atoms with E-state index in [1.54, 1.807) is 24.3 Å². The molecule has 0 aliphatic carbocycles. The van der Waals surface area contributed by atoms with Gasteiger partial charge in [0.1, 0.15) is 5.75 Å². The minimum absolute atomic E-state index is 0.223. The predicted octanol–water partition coefficient (Wildman–Crippen LogP) is 1.01. The number of rotatable bonds is 7. The summed E-state index contributed by atoms with van der Waals surface area (Å²) in [5.41, 5.74) is 0. The summed E-state index contributed by atoms with van der Waals surface area (Å²) >= 11 is 0. The highest BCUT2D eigenvalue weighted by molar-refractivity contribution is 5.95. The Morgan fingerprint density at radius 2 is 1.95 bits per heavy atom.